The standard InChI is InChI=1S/C23H36N4O/c1-3-24-23(26-21-14-20-8-9-22(21)28-20)25-15-18-6-4-5-7-19(18)16-27-12-10-17(2)11-13-27/h4-7,17,20-22H,3,8-16H2,1-2H3,(H2,24,25,26). The van der Waals surface area contributed by atoms with Crippen LogP contribution in [0.2, 0.25) is 0 Å². The summed E-state index contributed by atoms with van der Waals surface area (Å²) < 4.78 is 5.99. The van der Waals surface area contributed by atoms with Crippen molar-refractivity contribution in [1.82, 2.24) is 15.5 Å². The van der Waals surface area contributed by atoms with E-state index in [1.54, 1.807) is 0 Å². The first-order valence-corrected chi connectivity index (χ1v) is 11.2. The molecule has 5 heteroatoms. The first kappa shape index (κ1) is 19.7. The largest absolute Gasteiger partial charge is 0.373 e. The number of nitrogens with one attached hydrogen (secondary N) is 2. The second-order valence-corrected chi connectivity index (χ2v) is 8.78. The smallest absolute Gasteiger partial charge is 0.191 e. The van der Waals surface area contributed by atoms with Gasteiger partial charge in [-0.2, -0.15) is 0 Å². The molecule has 3 fully saturated rings. The Morgan fingerprint density at radius 3 is 2.61 bits per heavy atom. The van der Waals surface area contributed by atoms with Gasteiger partial charge in [-0.05, 0) is 69.2 Å². The number of piperidine rings is 1. The lowest BCUT2D eigenvalue weighted by Crippen LogP contribution is -2.47. The molecular formula is C23H36N4O. The molecule has 3 saturated heterocycles. The summed E-state index contributed by atoms with van der Waals surface area (Å²) in [5, 5.41) is 7.05. The predicted molar refractivity (Wildman–Crippen MR) is 114 cm³/mol. The lowest BCUT2D eigenvalue weighted by atomic mass is 9.96. The Bertz CT molecular complexity index is 668. The van der Waals surface area contributed by atoms with Gasteiger partial charge in [-0.1, -0.05) is 31.2 Å². The van der Waals surface area contributed by atoms with E-state index in [4.69, 9.17) is 9.73 Å². The Kier molecular flexibility index (Phi) is 6.53. The third kappa shape index (κ3) is 4.87. The summed E-state index contributed by atoms with van der Waals surface area (Å²) in [5.74, 6) is 1.80. The Morgan fingerprint density at radius 1 is 1.14 bits per heavy atom. The first-order chi connectivity index (χ1) is 13.7. The molecule has 3 unspecified atom stereocenters. The molecule has 3 heterocycles. The van der Waals surface area contributed by atoms with Gasteiger partial charge < -0.3 is 15.4 Å². The van der Waals surface area contributed by atoms with Gasteiger partial charge in [0.25, 0.3) is 0 Å². The monoisotopic (exact) mass is 384 g/mol. The highest BCUT2D eigenvalue weighted by molar-refractivity contribution is 5.80. The summed E-state index contributed by atoms with van der Waals surface area (Å²) in [6.45, 7) is 9.57. The van der Waals surface area contributed by atoms with Crippen molar-refractivity contribution in [3.8, 4) is 0 Å². The number of rotatable bonds is 6. The fourth-order valence-electron chi connectivity index (χ4n) is 4.78. The lowest BCUT2D eigenvalue weighted by Gasteiger charge is -2.30. The molecule has 0 aromatic heterocycles. The molecular weight excluding hydrogens is 348 g/mol. The van der Waals surface area contributed by atoms with E-state index in [2.05, 4.69) is 53.6 Å². The Hall–Kier alpha value is -1.59. The second-order valence-electron chi connectivity index (χ2n) is 8.78. The molecule has 3 aliphatic rings. The van der Waals surface area contributed by atoms with Crippen molar-refractivity contribution < 1.29 is 4.74 Å². The predicted octanol–water partition coefficient (Wildman–Crippen LogP) is 3.29. The SMILES string of the molecule is CCNC(=NCc1ccccc1CN1CCC(C)CC1)NC1CC2CCC1O2. The molecule has 3 atom stereocenters. The number of fused-ring (bicyclic) bond motifs is 2. The molecule has 2 bridgehead atoms. The van der Waals surface area contributed by atoms with Crippen molar-refractivity contribution in [2.45, 2.75) is 77.3 Å². The van der Waals surface area contributed by atoms with Crippen LogP contribution < -0.4 is 10.6 Å². The third-order valence-corrected chi connectivity index (χ3v) is 6.57. The minimum Gasteiger partial charge on any atom is -0.373 e. The van der Waals surface area contributed by atoms with Crippen molar-refractivity contribution in [1.29, 1.82) is 0 Å². The van der Waals surface area contributed by atoms with Gasteiger partial charge in [-0.25, -0.2) is 4.99 Å². The minimum absolute atomic E-state index is 0.364. The normalized spacial score (nSPS) is 28.6. The average Bonchev–Trinajstić information content (AvgIpc) is 3.32. The van der Waals surface area contributed by atoms with Gasteiger partial charge >= 0.3 is 0 Å². The molecule has 154 valence electrons. The van der Waals surface area contributed by atoms with E-state index in [1.165, 1.54) is 49.9 Å². The van der Waals surface area contributed by atoms with Gasteiger partial charge in [0.15, 0.2) is 5.96 Å². The van der Waals surface area contributed by atoms with Crippen molar-refractivity contribution in [3.63, 3.8) is 0 Å². The van der Waals surface area contributed by atoms with Gasteiger partial charge in [0.1, 0.15) is 0 Å². The molecule has 28 heavy (non-hydrogen) atoms. The van der Waals surface area contributed by atoms with E-state index in [9.17, 15) is 0 Å². The molecule has 0 spiro atoms. The van der Waals surface area contributed by atoms with Crippen LogP contribution in [0.15, 0.2) is 29.3 Å². The van der Waals surface area contributed by atoms with Gasteiger partial charge in [0.2, 0.25) is 0 Å². The summed E-state index contributed by atoms with van der Waals surface area (Å²) in [4.78, 5) is 7.51. The van der Waals surface area contributed by atoms with Crippen molar-refractivity contribution >= 4 is 5.96 Å². The number of nitrogens with zero attached hydrogens (tertiary/aromatic N) is 2. The third-order valence-electron chi connectivity index (χ3n) is 6.57. The van der Waals surface area contributed by atoms with E-state index in [0.717, 1.165) is 37.9 Å². The maximum atomic E-state index is 5.99. The number of ether oxygens (including phenoxy) is 1. The summed E-state index contributed by atoms with van der Waals surface area (Å²) in [6, 6.07) is 9.20. The van der Waals surface area contributed by atoms with Crippen molar-refractivity contribution in [3.05, 3.63) is 35.4 Å². The average molecular weight is 385 g/mol. The summed E-state index contributed by atoms with van der Waals surface area (Å²) >= 11 is 0. The molecule has 0 aliphatic carbocycles. The summed E-state index contributed by atoms with van der Waals surface area (Å²) in [5.41, 5.74) is 2.75. The van der Waals surface area contributed by atoms with Crippen LogP contribution in [0, 0.1) is 5.92 Å². The quantitative estimate of drug-likeness (QED) is 0.584. The summed E-state index contributed by atoms with van der Waals surface area (Å²) in [6.07, 6.45) is 6.97. The molecule has 2 N–H and O–H groups in total. The zero-order valence-corrected chi connectivity index (χ0v) is 17.5. The van der Waals surface area contributed by atoms with Gasteiger partial charge in [-0.15, -0.1) is 0 Å². The number of guanidine groups is 1. The van der Waals surface area contributed by atoms with Crippen LogP contribution in [-0.2, 0) is 17.8 Å². The number of hydrogen-bond donors (Lipinski definition) is 2. The van der Waals surface area contributed by atoms with Crippen LogP contribution in [0.1, 0.15) is 57.1 Å². The molecule has 1 aromatic carbocycles. The number of aliphatic imine (C=N–C) groups is 1. The van der Waals surface area contributed by atoms with Crippen LogP contribution in [0.3, 0.4) is 0 Å². The van der Waals surface area contributed by atoms with Crippen LogP contribution in [0.5, 0.6) is 0 Å². The van der Waals surface area contributed by atoms with Crippen molar-refractivity contribution in [2.24, 2.45) is 10.9 Å². The Morgan fingerprint density at radius 2 is 1.93 bits per heavy atom. The van der Waals surface area contributed by atoms with E-state index in [0.29, 0.717) is 18.2 Å². The molecule has 1 aromatic rings. The van der Waals surface area contributed by atoms with E-state index >= 15 is 0 Å². The zero-order valence-electron chi connectivity index (χ0n) is 17.5. The van der Waals surface area contributed by atoms with Crippen molar-refractivity contribution in [2.75, 3.05) is 19.6 Å². The molecule has 0 saturated carbocycles. The number of likely N-dealkylation sites (tertiary alicyclic amines) is 1. The summed E-state index contributed by atoms with van der Waals surface area (Å²) in [7, 11) is 0. The maximum absolute atomic E-state index is 5.99. The fraction of sp³-hybridized carbons (Fsp3) is 0.696. The molecule has 0 radical (unpaired) electrons. The van der Waals surface area contributed by atoms with Gasteiger partial charge in [0.05, 0.1) is 24.8 Å². The highest BCUT2D eigenvalue weighted by Gasteiger charge is 2.41. The van der Waals surface area contributed by atoms with Gasteiger partial charge in [0, 0.05) is 13.1 Å². The van der Waals surface area contributed by atoms with E-state index in [1.807, 2.05) is 0 Å². The van der Waals surface area contributed by atoms with Crippen LogP contribution in [-0.4, -0.2) is 48.7 Å². The highest BCUT2D eigenvalue weighted by Crippen LogP contribution is 2.34. The van der Waals surface area contributed by atoms with E-state index in [-0.39, 0.29) is 0 Å². The number of hydrogen-bond acceptors (Lipinski definition) is 3. The highest BCUT2D eigenvalue weighted by atomic mass is 16.5. The molecule has 5 nitrogen and oxygen atoms in total. The molecule has 4 rings (SSSR count). The Balaban J connectivity index is 1.39. The van der Waals surface area contributed by atoms with Crippen LogP contribution in [0.25, 0.3) is 0 Å². The molecule has 0 amide bonds. The zero-order chi connectivity index (χ0) is 19.3. The number of benzene rings is 1. The van der Waals surface area contributed by atoms with E-state index < -0.39 is 0 Å². The first-order valence-electron chi connectivity index (χ1n) is 11.2. The van der Waals surface area contributed by atoms with Gasteiger partial charge in [-0.3, -0.25) is 4.90 Å². The topological polar surface area (TPSA) is 48.9 Å². The minimum atomic E-state index is 0.364. The fourth-order valence-corrected chi connectivity index (χ4v) is 4.78. The second kappa shape index (κ2) is 9.27. The van der Waals surface area contributed by atoms with Crippen LogP contribution in [0.4, 0.5) is 0 Å². The maximum Gasteiger partial charge on any atom is 0.191 e. The molecule has 3 aliphatic heterocycles. The lowest BCUT2D eigenvalue weighted by molar-refractivity contribution is 0.0992. The van der Waals surface area contributed by atoms with Crippen LogP contribution >= 0.6 is 0 Å². The Labute approximate surface area is 169 Å².